The molecule has 6 nitrogen and oxygen atoms in total. The van der Waals surface area contributed by atoms with Crippen LogP contribution in [0, 0.1) is 13.8 Å². The molecule has 4 rings (SSSR count). The molecule has 1 amide bonds. The number of nitrogens with one attached hydrogen (secondary N) is 2. The molecule has 0 radical (unpaired) electrons. The molecular formula is C20H20N4O2S. The molecule has 0 saturated carbocycles. The maximum atomic E-state index is 12.7. The number of carbonyl (C=O) groups excluding carboxylic acids is 1. The number of benzene rings is 1. The van der Waals surface area contributed by atoms with Gasteiger partial charge in [0.2, 0.25) is 5.91 Å². The Morgan fingerprint density at radius 1 is 1.30 bits per heavy atom. The number of aromatic nitrogens is 3. The van der Waals surface area contributed by atoms with Crippen molar-refractivity contribution in [3.05, 3.63) is 63.1 Å². The molecule has 0 aliphatic rings. The average molecular weight is 380 g/mol. The van der Waals surface area contributed by atoms with Crippen LogP contribution in [0.1, 0.15) is 16.0 Å². The highest BCUT2D eigenvalue weighted by Crippen LogP contribution is 2.25. The van der Waals surface area contributed by atoms with Crippen LogP contribution in [-0.4, -0.2) is 27.0 Å². The molecule has 1 aromatic carbocycles. The fourth-order valence-electron chi connectivity index (χ4n) is 3.27. The van der Waals surface area contributed by atoms with Crippen molar-refractivity contribution in [2.75, 3.05) is 6.54 Å². The number of H-pyrrole nitrogens is 1. The molecule has 0 spiro atoms. The van der Waals surface area contributed by atoms with Crippen LogP contribution in [0.2, 0.25) is 0 Å². The number of aryl methyl sites for hydroxylation is 2. The van der Waals surface area contributed by atoms with Crippen molar-refractivity contribution in [1.29, 1.82) is 0 Å². The Morgan fingerprint density at radius 3 is 2.96 bits per heavy atom. The molecule has 4 aromatic rings. The van der Waals surface area contributed by atoms with Crippen molar-refractivity contribution in [3.8, 4) is 0 Å². The minimum Gasteiger partial charge on any atom is -0.361 e. The Hall–Kier alpha value is -2.93. The second-order valence-corrected chi connectivity index (χ2v) is 7.80. The Labute approximate surface area is 159 Å². The van der Waals surface area contributed by atoms with E-state index in [9.17, 15) is 9.59 Å². The van der Waals surface area contributed by atoms with Crippen LogP contribution in [-0.2, 0) is 17.8 Å². The number of hydrogen-bond acceptors (Lipinski definition) is 4. The molecule has 27 heavy (non-hydrogen) atoms. The number of nitrogens with zero attached hydrogens (tertiary/aromatic N) is 2. The third-order valence-electron chi connectivity index (χ3n) is 4.86. The van der Waals surface area contributed by atoms with E-state index in [-0.39, 0.29) is 18.0 Å². The van der Waals surface area contributed by atoms with Crippen molar-refractivity contribution in [2.45, 2.75) is 26.8 Å². The zero-order valence-corrected chi connectivity index (χ0v) is 16.0. The summed E-state index contributed by atoms with van der Waals surface area (Å²) in [5, 5.41) is 4.68. The number of aromatic amines is 1. The van der Waals surface area contributed by atoms with Gasteiger partial charge in [-0.25, -0.2) is 4.98 Å². The third-order valence-corrected chi connectivity index (χ3v) is 5.98. The Balaban J connectivity index is 1.42. The Kier molecular flexibility index (Phi) is 4.53. The molecule has 138 valence electrons. The highest BCUT2D eigenvalue weighted by Gasteiger charge is 2.13. The summed E-state index contributed by atoms with van der Waals surface area (Å²) in [5.74, 6) is -0.192. The summed E-state index contributed by atoms with van der Waals surface area (Å²) in [5.41, 5.74) is 3.04. The van der Waals surface area contributed by atoms with E-state index in [4.69, 9.17) is 0 Å². The summed E-state index contributed by atoms with van der Waals surface area (Å²) in [4.78, 5) is 34.3. The summed E-state index contributed by atoms with van der Waals surface area (Å²) in [6.45, 7) is 4.39. The van der Waals surface area contributed by atoms with Gasteiger partial charge in [-0.3, -0.25) is 14.2 Å². The van der Waals surface area contributed by atoms with E-state index in [0.29, 0.717) is 11.9 Å². The second kappa shape index (κ2) is 7.00. The van der Waals surface area contributed by atoms with E-state index in [2.05, 4.69) is 21.4 Å². The smallest absolute Gasteiger partial charge is 0.262 e. The molecule has 3 heterocycles. The average Bonchev–Trinajstić information content (AvgIpc) is 3.19. The standard InChI is InChI=1S/C20H20N4O2S/c1-12-13(2)27-19-18(12)20(26)24(11-23-19)10-17(25)21-8-7-14-9-22-16-6-4-3-5-15(14)16/h3-6,9,11,22H,7-8,10H2,1-2H3,(H,21,25). The Morgan fingerprint density at radius 2 is 2.11 bits per heavy atom. The fraction of sp³-hybridized carbons (Fsp3) is 0.250. The molecular weight excluding hydrogens is 360 g/mol. The van der Waals surface area contributed by atoms with E-state index in [1.54, 1.807) is 0 Å². The van der Waals surface area contributed by atoms with Gasteiger partial charge in [0.15, 0.2) is 0 Å². The van der Waals surface area contributed by atoms with Crippen LogP contribution in [0.4, 0.5) is 0 Å². The minimum atomic E-state index is -0.192. The van der Waals surface area contributed by atoms with Crippen molar-refractivity contribution < 1.29 is 4.79 Å². The molecule has 0 fully saturated rings. The van der Waals surface area contributed by atoms with Crippen molar-refractivity contribution in [2.24, 2.45) is 0 Å². The van der Waals surface area contributed by atoms with Gasteiger partial charge in [-0.15, -0.1) is 11.3 Å². The topological polar surface area (TPSA) is 79.8 Å². The number of thiophene rings is 1. The van der Waals surface area contributed by atoms with Gasteiger partial charge in [-0.2, -0.15) is 0 Å². The van der Waals surface area contributed by atoms with E-state index in [1.807, 2.05) is 38.2 Å². The third kappa shape index (κ3) is 3.26. The van der Waals surface area contributed by atoms with Gasteiger partial charge < -0.3 is 10.3 Å². The first-order valence-corrected chi connectivity index (χ1v) is 9.63. The molecule has 0 unspecified atom stereocenters. The zero-order valence-electron chi connectivity index (χ0n) is 15.2. The summed E-state index contributed by atoms with van der Waals surface area (Å²) >= 11 is 1.51. The highest BCUT2D eigenvalue weighted by atomic mass is 32.1. The quantitative estimate of drug-likeness (QED) is 0.559. The van der Waals surface area contributed by atoms with E-state index in [1.165, 1.54) is 27.6 Å². The lowest BCUT2D eigenvalue weighted by molar-refractivity contribution is -0.121. The molecule has 0 aliphatic carbocycles. The van der Waals surface area contributed by atoms with Crippen molar-refractivity contribution in [1.82, 2.24) is 19.9 Å². The first kappa shape index (κ1) is 17.5. The largest absolute Gasteiger partial charge is 0.361 e. The van der Waals surface area contributed by atoms with E-state index < -0.39 is 0 Å². The molecule has 2 N–H and O–H groups in total. The second-order valence-electron chi connectivity index (χ2n) is 6.60. The SMILES string of the molecule is Cc1sc2ncn(CC(=O)NCCc3c[nH]c4ccccc34)c(=O)c2c1C. The van der Waals surface area contributed by atoms with Crippen LogP contribution in [0.5, 0.6) is 0 Å². The lowest BCUT2D eigenvalue weighted by Crippen LogP contribution is -2.33. The number of rotatable bonds is 5. The van der Waals surface area contributed by atoms with Gasteiger partial charge in [0, 0.05) is 28.5 Å². The summed E-state index contributed by atoms with van der Waals surface area (Å²) in [6.07, 6.45) is 4.16. The summed E-state index contributed by atoms with van der Waals surface area (Å²) in [6, 6.07) is 8.08. The lowest BCUT2D eigenvalue weighted by atomic mass is 10.1. The molecule has 3 aromatic heterocycles. The van der Waals surface area contributed by atoms with Gasteiger partial charge in [0.25, 0.3) is 5.56 Å². The summed E-state index contributed by atoms with van der Waals surface area (Å²) in [7, 11) is 0. The predicted molar refractivity (Wildman–Crippen MR) is 108 cm³/mol. The zero-order chi connectivity index (χ0) is 19.0. The number of fused-ring (bicyclic) bond motifs is 2. The monoisotopic (exact) mass is 380 g/mol. The number of carbonyl (C=O) groups is 1. The Bertz CT molecular complexity index is 1200. The molecule has 0 atom stereocenters. The number of hydrogen-bond donors (Lipinski definition) is 2. The fourth-order valence-corrected chi connectivity index (χ4v) is 4.26. The van der Waals surface area contributed by atoms with Crippen LogP contribution >= 0.6 is 11.3 Å². The first-order valence-electron chi connectivity index (χ1n) is 8.81. The van der Waals surface area contributed by atoms with Crippen molar-refractivity contribution >= 4 is 38.4 Å². The van der Waals surface area contributed by atoms with Crippen LogP contribution < -0.4 is 10.9 Å². The van der Waals surface area contributed by atoms with Gasteiger partial charge in [-0.05, 0) is 37.5 Å². The predicted octanol–water partition coefficient (Wildman–Crippen LogP) is 2.92. The maximum absolute atomic E-state index is 12.7. The first-order chi connectivity index (χ1) is 13.0. The van der Waals surface area contributed by atoms with Gasteiger partial charge in [-0.1, -0.05) is 18.2 Å². The molecule has 7 heteroatoms. The maximum Gasteiger partial charge on any atom is 0.262 e. The van der Waals surface area contributed by atoms with Crippen LogP contribution in [0.15, 0.2) is 41.6 Å². The van der Waals surface area contributed by atoms with Crippen LogP contribution in [0.25, 0.3) is 21.1 Å². The molecule has 0 bridgehead atoms. The van der Waals surface area contributed by atoms with Gasteiger partial charge in [0.05, 0.1) is 11.7 Å². The number of amides is 1. The lowest BCUT2D eigenvalue weighted by Gasteiger charge is -2.07. The van der Waals surface area contributed by atoms with E-state index in [0.717, 1.165) is 32.8 Å². The normalized spacial score (nSPS) is 11.3. The van der Waals surface area contributed by atoms with Gasteiger partial charge in [0.1, 0.15) is 11.4 Å². The molecule has 0 aliphatic heterocycles. The van der Waals surface area contributed by atoms with Crippen LogP contribution in [0.3, 0.4) is 0 Å². The molecule has 0 saturated heterocycles. The highest BCUT2D eigenvalue weighted by molar-refractivity contribution is 7.18. The number of para-hydroxylation sites is 1. The minimum absolute atomic E-state index is 0.0238. The van der Waals surface area contributed by atoms with E-state index >= 15 is 0 Å². The van der Waals surface area contributed by atoms with Gasteiger partial charge >= 0.3 is 0 Å². The van der Waals surface area contributed by atoms with Crippen molar-refractivity contribution in [3.63, 3.8) is 0 Å². The summed E-state index contributed by atoms with van der Waals surface area (Å²) < 4.78 is 1.38.